The van der Waals surface area contributed by atoms with Gasteiger partial charge in [0, 0.05) is 25.0 Å². The largest absolute Gasteiger partial charge is 0.370 e. The van der Waals surface area contributed by atoms with Crippen molar-refractivity contribution in [2.75, 3.05) is 13.1 Å². The van der Waals surface area contributed by atoms with Crippen LogP contribution in [-0.4, -0.2) is 31.0 Å². The number of carbonyl (C=O) groups excluding carboxylic acids is 1. The van der Waals surface area contributed by atoms with Gasteiger partial charge in [-0.25, -0.2) is 0 Å². The molecule has 2 fully saturated rings. The monoisotopic (exact) mass is 238 g/mol. The summed E-state index contributed by atoms with van der Waals surface area (Å²) in [6.45, 7) is 1.38. The van der Waals surface area contributed by atoms with Crippen molar-refractivity contribution >= 4 is 11.9 Å². The molecule has 0 aromatic heterocycles. The van der Waals surface area contributed by atoms with Crippen molar-refractivity contribution in [3.63, 3.8) is 0 Å². The van der Waals surface area contributed by atoms with Crippen molar-refractivity contribution in [3.8, 4) is 0 Å². The van der Waals surface area contributed by atoms with Crippen LogP contribution in [0.3, 0.4) is 0 Å². The first-order chi connectivity index (χ1) is 8.25. The predicted octanol–water partition coefficient (Wildman–Crippen LogP) is 0.359. The molecular formula is C12H22N4O. The van der Waals surface area contributed by atoms with Crippen LogP contribution in [0.2, 0.25) is 0 Å². The second-order valence-electron chi connectivity index (χ2n) is 4.96. The van der Waals surface area contributed by atoms with Crippen LogP contribution < -0.4 is 16.4 Å². The Balaban J connectivity index is 1.48. The molecule has 0 unspecified atom stereocenters. The highest BCUT2D eigenvalue weighted by atomic mass is 16.1. The molecule has 2 rings (SSSR count). The van der Waals surface area contributed by atoms with Crippen LogP contribution in [0.15, 0.2) is 4.99 Å². The Morgan fingerprint density at radius 2 is 2.06 bits per heavy atom. The Hall–Kier alpha value is -1.26. The molecule has 4 N–H and O–H groups in total. The van der Waals surface area contributed by atoms with E-state index in [2.05, 4.69) is 15.6 Å². The number of aliphatic imine (C=N–C) groups is 1. The Bertz CT molecular complexity index is 295. The van der Waals surface area contributed by atoms with E-state index < -0.39 is 0 Å². The van der Waals surface area contributed by atoms with Gasteiger partial charge in [-0.1, -0.05) is 6.42 Å². The maximum atomic E-state index is 11.5. The third kappa shape index (κ3) is 4.24. The molecule has 1 amide bonds. The van der Waals surface area contributed by atoms with Gasteiger partial charge in [-0.05, 0) is 32.1 Å². The van der Waals surface area contributed by atoms with E-state index in [-0.39, 0.29) is 11.8 Å². The van der Waals surface area contributed by atoms with Crippen LogP contribution in [0, 0.1) is 5.92 Å². The van der Waals surface area contributed by atoms with E-state index in [1.165, 1.54) is 19.3 Å². The zero-order valence-corrected chi connectivity index (χ0v) is 10.2. The third-order valence-electron chi connectivity index (χ3n) is 3.32. The molecule has 17 heavy (non-hydrogen) atoms. The second-order valence-corrected chi connectivity index (χ2v) is 4.96. The molecule has 0 radical (unpaired) electrons. The summed E-state index contributed by atoms with van der Waals surface area (Å²) in [5, 5.41) is 6.07. The molecular weight excluding hydrogens is 216 g/mol. The summed E-state index contributed by atoms with van der Waals surface area (Å²) in [6, 6.07) is 0.553. The number of nitrogens with two attached hydrogens (primary N) is 1. The molecule has 0 saturated heterocycles. The lowest BCUT2D eigenvalue weighted by Gasteiger charge is -2.23. The number of hydrogen-bond donors (Lipinski definition) is 3. The van der Waals surface area contributed by atoms with Gasteiger partial charge in [0.15, 0.2) is 5.96 Å². The zero-order valence-electron chi connectivity index (χ0n) is 10.2. The Morgan fingerprint density at radius 3 is 2.65 bits per heavy atom. The minimum absolute atomic E-state index is 0.212. The van der Waals surface area contributed by atoms with Crippen LogP contribution in [0.1, 0.15) is 38.5 Å². The van der Waals surface area contributed by atoms with Gasteiger partial charge in [0.1, 0.15) is 0 Å². The normalized spacial score (nSPS) is 20.8. The van der Waals surface area contributed by atoms with Gasteiger partial charge in [0.2, 0.25) is 5.91 Å². The van der Waals surface area contributed by atoms with Crippen molar-refractivity contribution in [1.29, 1.82) is 0 Å². The van der Waals surface area contributed by atoms with Gasteiger partial charge in [-0.3, -0.25) is 9.79 Å². The summed E-state index contributed by atoms with van der Waals surface area (Å²) < 4.78 is 0. The van der Waals surface area contributed by atoms with Gasteiger partial charge < -0.3 is 16.4 Å². The summed E-state index contributed by atoms with van der Waals surface area (Å²) in [5.74, 6) is 1.03. The van der Waals surface area contributed by atoms with Crippen LogP contribution in [0.5, 0.6) is 0 Å². The van der Waals surface area contributed by atoms with Gasteiger partial charge >= 0.3 is 0 Å². The average Bonchev–Trinajstić information content (AvgIpc) is 2.98. The molecule has 96 valence electrons. The first-order valence-electron chi connectivity index (χ1n) is 6.60. The van der Waals surface area contributed by atoms with Gasteiger partial charge in [0.05, 0.1) is 0 Å². The lowest BCUT2D eigenvalue weighted by atomic mass is 9.85. The maximum absolute atomic E-state index is 11.5. The van der Waals surface area contributed by atoms with Crippen LogP contribution >= 0.6 is 0 Å². The minimum atomic E-state index is 0.212. The van der Waals surface area contributed by atoms with Crippen molar-refractivity contribution in [3.05, 3.63) is 0 Å². The summed E-state index contributed by atoms with van der Waals surface area (Å²) in [6.07, 6.45) is 6.57. The van der Waals surface area contributed by atoms with Gasteiger partial charge in [-0.15, -0.1) is 0 Å². The summed E-state index contributed by atoms with van der Waals surface area (Å²) in [5.41, 5.74) is 5.69. The molecule has 2 aliphatic carbocycles. The topological polar surface area (TPSA) is 79.5 Å². The number of nitrogens with zero attached hydrogens (tertiary/aromatic N) is 1. The molecule has 2 saturated carbocycles. The number of carbonyl (C=O) groups is 1. The van der Waals surface area contributed by atoms with Crippen molar-refractivity contribution in [2.24, 2.45) is 16.6 Å². The van der Waals surface area contributed by atoms with E-state index in [1.54, 1.807) is 0 Å². The van der Waals surface area contributed by atoms with E-state index in [0.29, 0.717) is 25.1 Å². The minimum Gasteiger partial charge on any atom is -0.370 e. The molecule has 0 aromatic carbocycles. The lowest BCUT2D eigenvalue weighted by Crippen LogP contribution is -2.35. The maximum Gasteiger partial charge on any atom is 0.223 e. The van der Waals surface area contributed by atoms with E-state index in [4.69, 9.17) is 5.73 Å². The lowest BCUT2D eigenvalue weighted by molar-refractivity contribution is -0.127. The van der Waals surface area contributed by atoms with Crippen LogP contribution in [0.25, 0.3) is 0 Å². The van der Waals surface area contributed by atoms with E-state index in [0.717, 1.165) is 19.3 Å². The number of guanidine groups is 1. The Morgan fingerprint density at radius 1 is 1.29 bits per heavy atom. The van der Waals surface area contributed by atoms with Crippen molar-refractivity contribution in [2.45, 2.75) is 44.6 Å². The predicted molar refractivity (Wildman–Crippen MR) is 67.6 cm³/mol. The smallest absolute Gasteiger partial charge is 0.223 e. The number of amides is 1. The summed E-state index contributed by atoms with van der Waals surface area (Å²) in [4.78, 5) is 15.7. The average molecular weight is 238 g/mol. The molecule has 0 aliphatic heterocycles. The summed E-state index contributed by atoms with van der Waals surface area (Å²) >= 11 is 0. The number of hydrogen-bond acceptors (Lipinski definition) is 2. The zero-order chi connectivity index (χ0) is 12.1. The highest BCUT2D eigenvalue weighted by molar-refractivity contribution is 5.79. The van der Waals surface area contributed by atoms with Crippen LogP contribution in [-0.2, 0) is 4.79 Å². The SMILES string of the molecule is NC(=NCCCNC(=O)C1CCC1)NC1CC1. The summed E-state index contributed by atoms with van der Waals surface area (Å²) in [7, 11) is 0. The fraction of sp³-hybridized carbons (Fsp3) is 0.833. The second kappa shape index (κ2) is 5.89. The molecule has 0 heterocycles. The standard InChI is InChI=1S/C12H22N4O/c13-12(16-10-5-6-10)15-8-2-7-14-11(17)9-3-1-4-9/h9-10H,1-8H2,(H,14,17)(H3,13,15,16). The van der Waals surface area contributed by atoms with E-state index >= 15 is 0 Å². The third-order valence-corrected chi connectivity index (χ3v) is 3.32. The van der Waals surface area contributed by atoms with Crippen LogP contribution in [0.4, 0.5) is 0 Å². The molecule has 0 bridgehead atoms. The molecule has 5 nitrogen and oxygen atoms in total. The highest BCUT2D eigenvalue weighted by Gasteiger charge is 2.24. The molecule has 2 aliphatic rings. The van der Waals surface area contributed by atoms with E-state index in [9.17, 15) is 4.79 Å². The Labute approximate surface area is 102 Å². The van der Waals surface area contributed by atoms with Gasteiger partial charge in [-0.2, -0.15) is 0 Å². The highest BCUT2D eigenvalue weighted by Crippen LogP contribution is 2.25. The molecule has 0 spiro atoms. The fourth-order valence-corrected chi connectivity index (χ4v) is 1.79. The van der Waals surface area contributed by atoms with E-state index in [1.807, 2.05) is 0 Å². The first-order valence-corrected chi connectivity index (χ1v) is 6.60. The van der Waals surface area contributed by atoms with Crippen molar-refractivity contribution in [1.82, 2.24) is 10.6 Å². The molecule has 0 aromatic rings. The number of nitrogens with one attached hydrogen (secondary N) is 2. The molecule has 5 heteroatoms. The fourth-order valence-electron chi connectivity index (χ4n) is 1.79. The number of rotatable bonds is 6. The Kier molecular flexibility index (Phi) is 4.23. The molecule has 0 atom stereocenters. The quantitative estimate of drug-likeness (QED) is 0.355. The first kappa shape index (κ1) is 12.2. The van der Waals surface area contributed by atoms with Gasteiger partial charge in [0.25, 0.3) is 0 Å². The van der Waals surface area contributed by atoms with Crippen molar-refractivity contribution < 1.29 is 4.79 Å².